The molecule has 0 aromatic heterocycles. The summed E-state index contributed by atoms with van der Waals surface area (Å²) < 4.78 is 23.8. The second-order valence-corrected chi connectivity index (χ2v) is 9.60. The number of fused-ring (bicyclic) bond motifs is 8. The number of hydrogen-bond acceptors (Lipinski definition) is 4. The number of rotatable bonds is 0. The molecule has 0 radical (unpaired) electrons. The minimum atomic E-state index is 0.363. The molecule has 0 spiro atoms. The van der Waals surface area contributed by atoms with Crippen molar-refractivity contribution in [2.24, 2.45) is 29.6 Å². The van der Waals surface area contributed by atoms with Crippen LogP contribution in [-0.4, -0.2) is 57.6 Å². The molecule has 5 nitrogen and oxygen atoms in total. The van der Waals surface area contributed by atoms with E-state index in [0.29, 0.717) is 43.9 Å². The van der Waals surface area contributed by atoms with Crippen LogP contribution in [0.2, 0.25) is 0 Å². The van der Waals surface area contributed by atoms with Crippen molar-refractivity contribution in [2.75, 3.05) is 27.2 Å². The van der Waals surface area contributed by atoms with E-state index in [1.165, 1.54) is 45.1 Å². The molecule has 3 heterocycles. The summed E-state index contributed by atoms with van der Waals surface area (Å²) in [5.41, 5.74) is 0. The topological polar surface area (TPSA) is 41.4 Å². The van der Waals surface area contributed by atoms with Crippen LogP contribution in [0.3, 0.4) is 0 Å². The molecule has 6 aliphatic rings. The summed E-state index contributed by atoms with van der Waals surface area (Å²) in [7, 11) is 2.45. The molecule has 0 aromatic carbocycles. The fourth-order valence-corrected chi connectivity index (χ4v) is 7.78. The molecule has 11 atom stereocenters. The summed E-state index contributed by atoms with van der Waals surface area (Å²) in [4.78, 5) is 1.76. The van der Waals surface area contributed by atoms with Crippen molar-refractivity contribution in [3.8, 4) is 0 Å². The van der Waals surface area contributed by atoms with Gasteiger partial charge in [-0.2, -0.15) is 0 Å². The van der Waals surface area contributed by atoms with Crippen LogP contribution in [0.5, 0.6) is 0 Å². The first-order valence-electron chi connectivity index (χ1n) is 10.6. The Morgan fingerprint density at radius 2 is 1.52 bits per heavy atom. The second kappa shape index (κ2) is 5.90. The van der Waals surface area contributed by atoms with Gasteiger partial charge in [0.05, 0.1) is 44.1 Å². The van der Waals surface area contributed by atoms with Gasteiger partial charge in [-0.1, -0.05) is 0 Å². The van der Waals surface area contributed by atoms with Crippen molar-refractivity contribution < 1.29 is 23.8 Å². The predicted molar refractivity (Wildman–Crippen MR) is 89.9 cm³/mol. The average Bonchev–Trinajstić information content (AvgIpc) is 3.32. The molecule has 0 amide bonds. The predicted octanol–water partition coefficient (Wildman–Crippen LogP) is 0.829. The van der Waals surface area contributed by atoms with Gasteiger partial charge in [0.25, 0.3) is 0 Å². The number of ether oxygens (including phenoxy) is 4. The Morgan fingerprint density at radius 3 is 2.44 bits per heavy atom. The van der Waals surface area contributed by atoms with E-state index < -0.39 is 0 Å². The highest BCUT2D eigenvalue weighted by Gasteiger charge is 2.61. The Bertz CT molecular complexity index is 530. The third kappa shape index (κ3) is 2.32. The summed E-state index contributed by atoms with van der Waals surface area (Å²) in [6.45, 7) is 2.35. The summed E-state index contributed by atoms with van der Waals surface area (Å²) in [6.07, 6.45) is 9.26. The van der Waals surface area contributed by atoms with Gasteiger partial charge >= 0.3 is 0 Å². The van der Waals surface area contributed by atoms with Crippen molar-refractivity contribution in [3.05, 3.63) is 0 Å². The molecule has 3 saturated carbocycles. The molecule has 1 N–H and O–H groups in total. The third-order valence-corrected chi connectivity index (χ3v) is 8.76. The SMILES string of the molecule is C[NH+]1CCC2CC3OCOC3CC2C2CC3CCC4OCOC4C3C21. The summed E-state index contributed by atoms with van der Waals surface area (Å²) in [5, 5.41) is 0. The van der Waals surface area contributed by atoms with Crippen LogP contribution < -0.4 is 4.90 Å². The van der Waals surface area contributed by atoms with Crippen molar-refractivity contribution in [1.82, 2.24) is 0 Å². The first-order chi connectivity index (χ1) is 12.3. The maximum atomic E-state index is 6.13. The Labute approximate surface area is 150 Å². The van der Waals surface area contributed by atoms with E-state index in [1.54, 1.807) is 4.90 Å². The lowest BCUT2D eigenvalue weighted by Crippen LogP contribution is -3.14. The van der Waals surface area contributed by atoms with Crippen LogP contribution in [-0.2, 0) is 18.9 Å². The zero-order valence-corrected chi connectivity index (χ0v) is 15.3. The van der Waals surface area contributed by atoms with Gasteiger partial charge in [-0.05, 0) is 56.3 Å². The molecule has 11 unspecified atom stereocenters. The monoisotopic (exact) mass is 350 g/mol. The molecular weight excluding hydrogens is 318 g/mol. The van der Waals surface area contributed by atoms with Gasteiger partial charge in [-0.3, -0.25) is 0 Å². The lowest BCUT2D eigenvalue weighted by atomic mass is 9.68. The highest BCUT2D eigenvalue weighted by Crippen LogP contribution is 2.54. The van der Waals surface area contributed by atoms with Crippen molar-refractivity contribution in [3.63, 3.8) is 0 Å². The first kappa shape index (κ1) is 15.8. The lowest BCUT2D eigenvalue weighted by molar-refractivity contribution is -0.912. The zero-order chi connectivity index (χ0) is 16.5. The zero-order valence-electron chi connectivity index (χ0n) is 15.3. The van der Waals surface area contributed by atoms with Crippen LogP contribution in [0.1, 0.15) is 38.5 Å². The number of quaternary nitrogens is 1. The van der Waals surface area contributed by atoms with Crippen molar-refractivity contribution in [1.29, 1.82) is 0 Å². The standard InChI is InChI=1S/C20H31NO4/c1-21-5-4-11-7-16-17(24-9-23-16)8-13(11)14-6-12-2-3-15-20(25-10-22-15)18(12)19(14)21/h11-20H,2-10H2,1H3/p+1. The van der Waals surface area contributed by atoms with E-state index in [0.717, 1.165) is 29.7 Å². The smallest absolute Gasteiger partial charge is 0.147 e. The molecular formula is C20H32NO4+. The maximum absolute atomic E-state index is 6.13. The fraction of sp³-hybridized carbons (Fsp3) is 1.00. The molecule has 3 aliphatic heterocycles. The molecule has 3 aliphatic carbocycles. The largest absolute Gasteiger partial charge is 0.349 e. The van der Waals surface area contributed by atoms with Crippen LogP contribution >= 0.6 is 0 Å². The van der Waals surface area contributed by atoms with E-state index >= 15 is 0 Å². The highest BCUT2D eigenvalue weighted by molar-refractivity contribution is 5.06. The van der Waals surface area contributed by atoms with Crippen molar-refractivity contribution in [2.45, 2.75) is 69.0 Å². The normalized spacial score (nSPS) is 60.1. The summed E-state index contributed by atoms with van der Waals surface area (Å²) >= 11 is 0. The molecule has 0 bridgehead atoms. The lowest BCUT2D eigenvalue weighted by Gasteiger charge is -2.40. The van der Waals surface area contributed by atoms with Crippen LogP contribution in [0, 0.1) is 29.6 Å². The van der Waals surface area contributed by atoms with E-state index in [4.69, 9.17) is 18.9 Å². The molecule has 0 aromatic rings. The quantitative estimate of drug-likeness (QED) is 0.703. The van der Waals surface area contributed by atoms with Gasteiger partial charge in [-0.25, -0.2) is 0 Å². The fourth-order valence-electron chi connectivity index (χ4n) is 7.78. The number of hydrogen-bond donors (Lipinski definition) is 1. The minimum absolute atomic E-state index is 0.363. The van der Waals surface area contributed by atoms with Gasteiger partial charge in [0, 0.05) is 11.8 Å². The Balaban J connectivity index is 1.32. The summed E-state index contributed by atoms with van der Waals surface area (Å²) in [6, 6.07) is 0.758. The molecule has 140 valence electrons. The second-order valence-electron chi connectivity index (χ2n) is 9.60. The first-order valence-corrected chi connectivity index (χ1v) is 10.6. The number of nitrogens with one attached hydrogen (secondary N) is 1. The molecule has 5 heteroatoms. The Hall–Kier alpha value is -0.200. The minimum Gasteiger partial charge on any atom is -0.349 e. The third-order valence-electron chi connectivity index (χ3n) is 8.76. The van der Waals surface area contributed by atoms with Crippen LogP contribution in [0.4, 0.5) is 0 Å². The van der Waals surface area contributed by atoms with E-state index in [2.05, 4.69) is 7.05 Å². The maximum Gasteiger partial charge on any atom is 0.147 e. The Morgan fingerprint density at radius 1 is 0.720 bits per heavy atom. The van der Waals surface area contributed by atoms with Crippen LogP contribution in [0.25, 0.3) is 0 Å². The average molecular weight is 350 g/mol. The van der Waals surface area contributed by atoms with Gasteiger partial charge in [0.1, 0.15) is 13.6 Å². The number of likely N-dealkylation sites (tertiary alicyclic amines) is 1. The van der Waals surface area contributed by atoms with E-state index in [9.17, 15) is 0 Å². The Kier molecular flexibility index (Phi) is 3.73. The molecule has 3 saturated heterocycles. The van der Waals surface area contributed by atoms with Gasteiger partial charge < -0.3 is 23.8 Å². The summed E-state index contributed by atoms with van der Waals surface area (Å²) in [5.74, 6) is 4.07. The van der Waals surface area contributed by atoms with Gasteiger partial charge in [0.15, 0.2) is 0 Å². The van der Waals surface area contributed by atoms with Crippen molar-refractivity contribution >= 4 is 0 Å². The molecule has 6 fully saturated rings. The van der Waals surface area contributed by atoms with E-state index in [-0.39, 0.29) is 0 Å². The van der Waals surface area contributed by atoms with Gasteiger partial charge in [0.2, 0.25) is 0 Å². The molecule has 25 heavy (non-hydrogen) atoms. The van der Waals surface area contributed by atoms with E-state index in [1.807, 2.05) is 0 Å². The molecule has 6 rings (SSSR count). The van der Waals surface area contributed by atoms with Crippen LogP contribution in [0.15, 0.2) is 0 Å². The highest BCUT2D eigenvalue weighted by atomic mass is 16.7. The van der Waals surface area contributed by atoms with Gasteiger partial charge in [-0.15, -0.1) is 0 Å².